The highest BCUT2D eigenvalue weighted by molar-refractivity contribution is 6.40. The van der Waals surface area contributed by atoms with Gasteiger partial charge in [0.15, 0.2) is 0 Å². The summed E-state index contributed by atoms with van der Waals surface area (Å²) in [5, 5.41) is 2.51. The van der Waals surface area contributed by atoms with Crippen LogP contribution in [0.25, 0.3) is 10.9 Å². The molecule has 15 heavy (non-hydrogen) atoms. The standard InChI is InChI=1S/C11H12Cl2N2/c1-6-7(4-5-14)10-8(12)2-3-9(13)11(10)15-6/h2-3,15H,4-5,14H2,1H3/p+1. The molecule has 0 aliphatic carbocycles. The SMILES string of the molecule is Cc1[nH]c2c(Cl)ccc(Cl)c2c1CC[NH3+]. The topological polar surface area (TPSA) is 43.4 Å². The van der Waals surface area contributed by atoms with Gasteiger partial charge >= 0.3 is 0 Å². The number of quaternary nitrogens is 1. The number of hydrogen-bond donors (Lipinski definition) is 2. The van der Waals surface area contributed by atoms with Crippen molar-refractivity contribution >= 4 is 34.1 Å². The number of rotatable bonds is 2. The van der Waals surface area contributed by atoms with E-state index in [1.165, 1.54) is 5.56 Å². The molecule has 1 heterocycles. The molecule has 0 bridgehead atoms. The third kappa shape index (κ3) is 1.73. The van der Waals surface area contributed by atoms with E-state index in [1.807, 2.05) is 19.1 Å². The van der Waals surface area contributed by atoms with Gasteiger partial charge in [-0.15, -0.1) is 0 Å². The molecule has 0 atom stereocenters. The Balaban J connectivity index is 2.79. The summed E-state index contributed by atoms with van der Waals surface area (Å²) in [6, 6.07) is 3.65. The number of benzene rings is 1. The molecule has 1 aromatic heterocycles. The van der Waals surface area contributed by atoms with Crippen molar-refractivity contribution in [1.82, 2.24) is 4.98 Å². The molecule has 0 aliphatic rings. The van der Waals surface area contributed by atoms with E-state index in [0.717, 1.165) is 34.6 Å². The Morgan fingerprint density at radius 2 is 1.93 bits per heavy atom. The van der Waals surface area contributed by atoms with Crippen molar-refractivity contribution < 1.29 is 5.73 Å². The maximum absolute atomic E-state index is 6.18. The van der Waals surface area contributed by atoms with Gasteiger partial charge in [-0.1, -0.05) is 23.2 Å². The van der Waals surface area contributed by atoms with Crippen LogP contribution in [0.1, 0.15) is 11.3 Å². The molecule has 0 saturated carbocycles. The van der Waals surface area contributed by atoms with Crippen LogP contribution in [0, 0.1) is 6.92 Å². The van der Waals surface area contributed by atoms with Crippen LogP contribution in [-0.2, 0) is 6.42 Å². The highest BCUT2D eigenvalue weighted by atomic mass is 35.5. The van der Waals surface area contributed by atoms with Crippen LogP contribution >= 0.6 is 23.2 Å². The average molecular weight is 244 g/mol. The molecule has 0 amide bonds. The second-order valence-corrected chi connectivity index (χ2v) is 4.43. The first kappa shape index (κ1) is 10.8. The van der Waals surface area contributed by atoms with Crippen molar-refractivity contribution in [3.05, 3.63) is 33.4 Å². The number of nitrogens with one attached hydrogen (secondary N) is 1. The lowest BCUT2D eigenvalue weighted by Gasteiger charge is -2.00. The fourth-order valence-electron chi connectivity index (χ4n) is 1.91. The number of H-pyrrole nitrogens is 1. The number of halogens is 2. The zero-order valence-electron chi connectivity index (χ0n) is 8.53. The summed E-state index contributed by atoms with van der Waals surface area (Å²) >= 11 is 12.3. The minimum atomic E-state index is 0.716. The van der Waals surface area contributed by atoms with Crippen LogP contribution in [0.2, 0.25) is 10.0 Å². The Kier molecular flexibility index (Phi) is 2.91. The molecule has 0 aliphatic heterocycles. The summed E-state index contributed by atoms with van der Waals surface area (Å²) in [5.74, 6) is 0. The summed E-state index contributed by atoms with van der Waals surface area (Å²) in [6.07, 6.45) is 0.923. The van der Waals surface area contributed by atoms with E-state index in [1.54, 1.807) is 0 Å². The summed E-state index contributed by atoms with van der Waals surface area (Å²) in [7, 11) is 0. The lowest BCUT2D eigenvalue weighted by atomic mass is 10.1. The van der Waals surface area contributed by atoms with Crippen LogP contribution in [0.4, 0.5) is 0 Å². The second-order valence-electron chi connectivity index (χ2n) is 3.61. The average Bonchev–Trinajstić information content (AvgIpc) is 2.53. The van der Waals surface area contributed by atoms with Gasteiger partial charge in [0.1, 0.15) is 0 Å². The largest absolute Gasteiger partial charge is 0.357 e. The lowest BCUT2D eigenvalue weighted by molar-refractivity contribution is -0.366. The number of fused-ring (bicyclic) bond motifs is 1. The quantitative estimate of drug-likeness (QED) is 0.815. The number of aryl methyl sites for hydroxylation is 1. The Bertz CT molecular complexity index is 503. The number of aromatic nitrogens is 1. The third-order valence-electron chi connectivity index (χ3n) is 2.60. The number of aromatic amines is 1. The van der Waals surface area contributed by atoms with Gasteiger partial charge in [0, 0.05) is 17.5 Å². The van der Waals surface area contributed by atoms with Crippen molar-refractivity contribution in [3.63, 3.8) is 0 Å². The van der Waals surface area contributed by atoms with Gasteiger partial charge in [-0.3, -0.25) is 0 Å². The predicted octanol–water partition coefficient (Wildman–Crippen LogP) is 2.57. The summed E-state index contributed by atoms with van der Waals surface area (Å²) in [4.78, 5) is 3.28. The van der Waals surface area contributed by atoms with E-state index in [2.05, 4.69) is 10.7 Å². The summed E-state index contributed by atoms with van der Waals surface area (Å²) in [6.45, 7) is 2.90. The molecule has 4 heteroatoms. The molecule has 0 fully saturated rings. The van der Waals surface area contributed by atoms with Gasteiger partial charge in [0.05, 0.1) is 22.1 Å². The van der Waals surface area contributed by atoms with E-state index < -0.39 is 0 Å². The summed E-state index contributed by atoms with van der Waals surface area (Å²) in [5.41, 5.74) is 7.16. The monoisotopic (exact) mass is 243 g/mol. The smallest absolute Gasteiger partial charge is 0.0781 e. The lowest BCUT2D eigenvalue weighted by Crippen LogP contribution is -2.51. The fraction of sp³-hybridized carbons (Fsp3) is 0.273. The van der Waals surface area contributed by atoms with Crippen LogP contribution in [-0.4, -0.2) is 11.5 Å². The molecule has 0 unspecified atom stereocenters. The van der Waals surface area contributed by atoms with Crippen molar-refractivity contribution in [2.45, 2.75) is 13.3 Å². The zero-order valence-corrected chi connectivity index (χ0v) is 10.0. The van der Waals surface area contributed by atoms with Crippen LogP contribution in [0.15, 0.2) is 12.1 Å². The Morgan fingerprint density at radius 3 is 2.60 bits per heavy atom. The molecular weight excluding hydrogens is 231 g/mol. The predicted molar refractivity (Wildman–Crippen MR) is 64.5 cm³/mol. The van der Waals surface area contributed by atoms with Gasteiger partial charge in [-0.05, 0) is 24.6 Å². The van der Waals surface area contributed by atoms with Gasteiger partial charge in [-0.25, -0.2) is 0 Å². The zero-order chi connectivity index (χ0) is 11.0. The van der Waals surface area contributed by atoms with Gasteiger partial charge in [-0.2, -0.15) is 0 Å². The minimum absolute atomic E-state index is 0.716. The maximum atomic E-state index is 6.18. The van der Waals surface area contributed by atoms with Gasteiger partial charge in [0.2, 0.25) is 0 Å². The Hall–Kier alpha value is -0.700. The van der Waals surface area contributed by atoms with Crippen LogP contribution in [0.3, 0.4) is 0 Å². The van der Waals surface area contributed by atoms with Crippen molar-refractivity contribution in [2.75, 3.05) is 6.54 Å². The molecule has 80 valence electrons. The molecule has 0 spiro atoms. The van der Waals surface area contributed by atoms with Gasteiger partial charge in [0.25, 0.3) is 0 Å². The Morgan fingerprint density at radius 1 is 1.27 bits per heavy atom. The summed E-state index contributed by atoms with van der Waals surface area (Å²) < 4.78 is 0. The van der Waals surface area contributed by atoms with E-state index in [9.17, 15) is 0 Å². The highest BCUT2D eigenvalue weighted by Gasteiger charge is 2.13. The molecule has 0 radical (unpaired) electrons. The fourth-order valence-corrected chi connectivity index (χ4v) is 2.39. The first-order valence-corrected chi connectivity index (χ1v) is 5.65. The molecular formula is C11H13Cl2N2+. The van der Waals surface area contributed by atoms with E-state index in [0.29, 0.717) is 5.02 Å². The molecule has 2 nitrogen and oxygen atoms in total. The van der Waals surface area contributed by atoms with Crippen LogP contribution in [0.5, 0.6) is 0 Å². The van der Waals surface area contributed by atoms with E-state index >= 15 is 0 Å². The van der Waals surface area contributed by atoms with Crippen molar-refractivity contribution in [1.29, 1.82) is 0 Å². The van der Waals surface area contributed by atoms with E-state index in [4.69, 9.17) is 23.2 Å². The first-order valence-electron chi connectivity index (χ1n) is 4.89. The van der Waals surface area contributed by atoms with Crippen molar-refractivity contribution in [2.24, 2.45) is 0 Å². The van der Waals surface area contributed by atoms with Crippen molar-refractivity contribution in [3.8, 4) is 0 Å². The maximum Gasteiger partial charge on any atom is 0.0781 e. The number of hydrogen-bond acceptors (Lipinski definition) is 0. The molecule has 4 N–H and O–H groups in total. The van der Waals surface area contributed by atoms with Gasteiger partial charge < -0.3 is 10.7 Å². The first-order chi connectivity index (χ1) is 7.15. The van der Waals surface area contributed by atoms with Crippen LogP contribution < -0.4 is 5.73 Å². The molecule has 2 aromatic rings. The highest BCUT2D eigenvalue weighted by Crippen LogP contribution is 2.33. The third-order valence-corrected chi connectivity index (χ3v) is 3.23. The second kappa shape index (κ2) is 4.05. The molecule has 2 rings (SSSR count). The molecule has 0 saturated heterocycles. The van der Waals surface area contributed by atoms with E-state index in [-0.39, 0.29) is 0 Å². The minimum Gasteiger partial charge on any atom is -0.357 e. The Labute approximate surface area is 98.4 Å². The normalized spacial score (nSPS) is 11.2. The molecule has 1 aromatic carbocycles.